The Morgan fingerprint density at radius 1 is 0.405 bits per heavy atom. The van der Waals surface area contributed by atoms with Crippen molar-refractivity contribution < 1.29 is 16.8 Å². The van der Waals surface area contributed by atoms with Crippen LogP contribution in [0.5, 0.6) is 0 Å². The molecule has 10 heteroatoms. The van der Waals surface area contributed by atoms with Gasteiger partial charge in [-0.25, -0.2) is 0 Å². The number of rotatable bonds is 18. The molecule has 0 atom stereocenters. The Labute approximate surface area is 274 Å². The van der Waals surface area contributed by atoms with Gasteiger partial charge in [-0.3, -0.25) is 0 Å². The van der Waals surface area contributed by atoms with Gasteiger partial charge in [-0.2, -0.15) is 0 Å². The molecule has 0 aliphatic heterocycles. The van der Waals surface area contributed by atoms with E-state index >= 15 is 0 Å². The summed E-state index contributed by atoms with van der Waals surface area (Å²) in [7, 11) is 0. The smallest absolute Gasteiger partial charge is 0.411 e. The minimum absolute atomic E-state index is 0. The van der Waals surface area contributed by atoms with Crippen molar-refractivity contribution in [3.05, 3.63) is 0 Å². The first kappa shape index (κ1) is 44.8. The van der Waals surface area contributed by atoms with Gasteiger partial charge in [-0.05, 0) is 38.5 Å². The molecular weight excluding hydrogens is 618 g/mol. The molecule has 0 bridgehead atoms. The van der Waals surface area contributed by atoms with Crippen LogP contribution in [0.25, 0.3) is 0 Å². The van der Waals surface area contributed by atoms with E-state index in [1.165, 1.54) is 77.0 Å². The van der Waals surface area contributed by atoms with Gasteiger partial charge in [-0.1, -0.05) is 93.0 Å². The molecule has 0 aromatic rings. The fourth-order valence-corrected chi connectivity index (χ4v) is 4.07. The molecule has 0 aromatic carbocycles. The summed E-state index contributed by atoms with van der Waals surface area (Å²) in [6, 6.07) is 0. The summed E-state index contributed by atoms with van der Waals surface area (Å²) in [5, 5.41) is 0. The van der Waals surface area contributed by atoms with Crippen molar-refractivity contribution in [2.24, 2.45) is 0 Å². The molecule has 0 aromatic heterocycles. The SMILES string of the molecule is CCCCN(CCCC)C(=S)[S-].CCCCN(CCCC)C(=S)[S-].CCCCN(CCCC)C(=S)[S-].[Co+3]. The van der Waals surface area contributed by atoms with E-state index in [0.717, 1.165) is 39.3 Å². The molecule has 0 aliphatic rings. The molecule has 0 fully saturated rings. The molecule has 0 saturated carbocycles. The van der Waals surface area contributed by atoms with Crippen molar-refractivity contribution in [1.82, 2.24) is 14.7 Å². The van der Waals surface area contributed by atoms with Crippen LogP contribution in [0.15, 0.2) is 0 Å². The predicted molar refractivity (Wildman–Crippen MR) is 184 cm³/mol. The second-order valence-electron chi connectivity index (χ2n) is 8.88. The summed E-state index contributed by atoms with van der Waals surface area (Å²) < 4.78 is 1.91. The zero-order chi connectivity index (χ0) is 28.2. The maximum Gasteiger partial charge on any atom is 3.00 e. The number of thiocarbonyl (C=S) groups is 3. The van der Waals surface area contributed by atoms with Gasteiger partial charge >= 0.3 is 16.8 Å². The summed E-state index contributed by atoms with van der Waals surface area (Å²) in [4.78, 5) is 6.41. The zero-order valence-electron chi connectivity index (χ0n) is 24.4. The van der Waals surface area contributed by atoms with E-state index in [0.29, 0.717) is 13.0 Å². The second kappa shape index (κ2) is 34.9. The van der Waals surface area contributed by atoms with Crippen molar-refractivity contribution >= 4 is 87.5 Å². The molecule has 3 nitrogen and oxygen atoms in total. The summed E-state index contributed by atoms with van der Waals surface area (Å²) in [5.74, 6) is 0. The third-order valence-corrected chi connectivity index (χ3v) is 7.01. The van der Waals surface area contributed by atoms with Gasteiger partial charge in [0.05, 0.1) is 0 Å². The van der Waals surface area contributed by atoms with E-state index in [4.69, 9.17) is 74.5 Å². The molecule has 0 saturated heterocycles. The largest absolute Gasteiger partial charge is 3.00 e. The van der Waals surface area contributed by atoms with Crippen LogP contribution in [0.3, 0.4) is 0 Å². The first-order valence-electron chi connectivity index (χ1n) is 14.0. The molecule has 0 N–H and O–H groups in total. The minimum atomic E-state index is 0. The van der Waals surface area contributed by atoms with Crippen LogP contribution in [0.4, 0.5) is 0 Å². The molecule has 0 unspecified atom stereocenters. The quantitative estimate of drug-likeness (QED) is 0.105. The molecule has 0 amide bonds. The standard InChI is InChI=1S/3C9H19NS2.Co/c3*1-3-5-7-10(9(11)12)8-6-4-2;/h3*3-8H2,1-2H3,(H,11,12);/q;;;+3/p-3. The van der Waals surface area contributed by atoms with Crippen LogP contribution in [0, 0.1) is 0 Å². The molecular formula is C27H54CoN3S6. The third-order valence-electron chi connectivity index (χ3n) is 5.46. The minimum Gasteiger partial charge on any atom is -0.411 e. The van der Waals surface area contributed by atoms with E-state index in [9.17, 15) is 0 Å². The molecule has 0 heterocycles. The van der Waals surface area contributed by atoms with E-state index < -0.39 is 0 Å². The number of hydrogen-bond acceptors (Lipinski definition) is 6. The molecule has 0 spiro atoms. The van der Waals surface area contributed by atoms with E-state index in [1.54, 1.807) is 0 Å². The maximum atomic E-state index is 4.98. The molecule has 0 rings (SSSR count). The average Bonchev–Trinajstić information content (AvgIpc) is 2.84. The van der Waals surface area contributed by atoms with Gasteiger partial charge in [0, 0.05) is 39.3 Å². The number of nitrogens with zero attached hydrogens (tertiary/aromatic N) is 3. The first-order chi connectivity index (χ1) is 17.2. The van der Waals surface area contributed by atoms with Crippen LogP contribution < -0.4 is 0 Å². The summed E-state index contributed by atoms with van der Waals surface area (Å²) >= 11 is 29.9. The van der Waals surface area contributed by atoms with E-state index in [1.807, 2.05) is 0 Å². The van der Waals surface area contributed by atoms with Gasteiger partial charge in [-0.15, -0.1) is 0 Å². The van der Waals surface area contributed by atoms with E-state index in [2.05, 4.69) is 56.2 Å². The van der Waals surface area contributed by atoms with Gasteiger partial charge in [0.1, 0.15) is 0 Å². The van der Waals surface area contributed by atoms with Gasteiger partial charge in [0.2, 0.25) is 0 Å². The predicted octanol–water partition coefficient (Wildman–Crippen LogP) is 8.16. The van der Waals surface area contributed by atoms with Crippen molar-refractivity contribution in [1.29, 1.82) is 0 Å². The zero-order valence-corrected chi connectivity index (χ0v) is 30.3. The van der Waals surface area contributed by atoms with Gasteiger partial charge in [0.15, 0.2) is 0 Å². The van der Waals surface area contributed by atoms with Crippen LogP contribution >= 0.6 is 36.7 Å². The normalized spacial score (nSPS) is 9.57. The third kappa shape index (κ3) is 32.9. The van der Waals surface area contributed by atoms with Crippen LogP contribution in [-0.4, -0.2) is 66.9 Å². The van der Waals surface area contributed by atoms with Crippen LogP contribution in [-0.2, 0) is 54.7 Å². The summed E-state index contributed by atoms with van der Waals surface area (Å²) in [6.07, 6.45) is 14.4. The monoisotopic (exact) mass is 671 g/mol. The van der Waals surface area contributed by atoms with Gasteiger partial charge in [0.25, 0.3) is 0 Å². The topological polar surface area (TPSA) is 9.72 Å². The fraction of sp³-hybridized carbons (Fsp3) is 0.889. The Morgan fingerprint density at radius 2 is 0.541 bits per heavy atom. The Hall–Kier alpha value is 0.836. The van der Waals surface area contributed by atoms with Gasteiger partial charge < -0.3 is 89.2 Å². The maximum absolute atomic E-state index is 4.98. The van der Waals surface area contributed by atoms with Crippen molar-refractivity contribution in [2.45, 2.75) is 119 Å². The molecule has 222 valence electrons. The van der Waals surface area contributed by atoms with Crippen LogP contribution in [0.2, 0.25) is 0 Å². The molecule has 37 heavy (non-hydrogen) atoms. The number of unbranched alkanes of at least 4 members (excludes halogenated alkanes) is 6. The second-order valence-corrected chi connectivity index (χ2v) is 12.0. The fourth-order valence-electron chi connectivity index (χ4n) is 2.98. The Bertz CT molecular complexity index is 431. The number of hydrogen-bond donors (Lipinski definition) is 0. The summed E-state index contributed by atoms with van der Waals surface area (Å²) in [5.41, 5.74) is 0. The Kier molecular flexibility index (Phi) is 42.3. The molecule has 0 aliphatic carbocycles. The Morgan fingerprint density at radius 3 is 0.622 bits per heavy atom. The first-order valence-corrected chi connectivity index (χ1v) is 16.5. The van der Waals surface area contributed by atoms with Crippen molar-refractivity contribution in [2.75, 3.05) is 39.3 Å². The average molecular weight is 672 g/mol. The Balaban J connectivity index is -0.000000218. The molecule has 0 radical (unpaired) electrons. The van der Waals surface area contributed by atoms with E-state index in [-0.39, 0.29) is 16.8 Å². The van der Waals surface area contributed by atoms with Crippen molar-refractivity contribution in [3.8, 4) is 0 Å². The van der Waals surface area contributed by atoms with Crippen molar-refractivity contribution in [3.63, 3.8) is 0 Å². The summed E-state index contributed by atoms with van der Waals surface area (Å²) in [6.45, 7) is 19.4. The van der Waals surface area contributed by atoms with Crippen LogP contribution in [0.1, 0.15) is 119 Å².